The van der Waals surface area contributed by atoms with Crippen molar-refractivity contribution < 1.29 is 9.59 Å². The smallest absolute Gasteiger partial charge is 0.248 e. The van der Waals surface area contributed by atoms with Gasteiger partial charge in [-0.15, -0.1) is 10.2 Å². The van der Waals surface area contributed by atoms with Crippen molar-refractivity contribution in [2.24, 2.45) is 5.73 Å². The molecule has 3 rings (SSSR count). The van der Waals surface area contributed by atoms with Gasteiger partial charge in [0, 0.05) is 16.8 Å². The standard InChI is InChI=1S/C19H20N6O2/c1-3-13-6-4-5-12(2)17(13)21-16(26)11-25-23-19(22-24-25)15-9-7-14(8-10-15)18(20)27/h4-10H,3,11H2,1-2H3,(H2,20,27)(H,21,26). The number of hydrogen-bond donors (Lipinski definition) is 2. The van der Waals surface area contributed by atoms with Crippen LogP contribution in [0.5, 0.6) is 0 Å². The Hall–Kier alpha value is -3.55. The van der Waals surface area contributed by atoms with Crippen LogP contribution in [0.15, 0.2) is 42.5 Å². The molecular weight excluding hydrogens is 344 g/mol. The lowest BCUT2D eigenvalue weighted by molar-refractivity contribution is -0.117. The first kappa shape index (κ1) is 18.2. The van der Waals surface area contributed by atoms with Gasteiger partial charge >= 0.3 is 0 Å². The van der Waals surface area contributed by atoms with E-state index in [1.807, 2.05) is 32.0 Å². The van der Waals surface area contributed by atoms with Crippen LogP contribution in [0.4, 0.5) is 5.69 Å². The molecule has 0 fully saturated rings. The Labute approximate surface area is 156 Å². The molecule has 0 spiro atoms. The van der Waals surface area contributed by atoms with Crippen LogP contribution in [-0.4, -0.2) is 32.0 Å². The molecule has 8 nitrogen and oxygen atoms in total. The van der Waals surface area contributed by atoms with Gasteiger partial charge in [-0.1, -0.05) is 37.3 Å². The maximum Gasteiger partial charge on any atom is 0.248 e. The number of carbonyl (C=O) groups is 2. The molecule has 0 aliphatic carbocycles. The number of primary amides is 1. The predicted octanol–water partition coefficient (Wildman–Crippen LogP) is 1.95. The van der Waals surface area contributed by atoms with Crippen molar-refractivity contribution in [1.82, 2.24) is 20.2 Å². The summed E-state index contributed by atoms with van der Waals surface area (Å²) in [6, 6.07) is 12.5. The molecule has 138 valence electrons. The SMILES string of the molecule is CCc1cccc(C)c1NC(=O)Cn1nnc(-c2ccc(C(N)=O)cc2)n1. The number of carbonyl (C=O) groups excluding carboxylic acids is 2. The Morgan fingerprint density at radius 1 is 1.15 bits per heavy atom. The first-order chi connectivity index (χ1) is 13.0. The number of tetrazole rings is 1. The van der Waals surface area contributed by atoms with E-state index in [0.717, 1.165) is 23.2 Å². The molecule has 0 aliphatic rings. The van der Waals surface area contributed by atoms with Crippen LogP contribution in [0, 0.1) is 6.92 Å². The number of rotatable bonds is 6. The summed E-state index contributed by atoms with van der Waals surface area (Å²) in [5.41, 5.74) is 9.21. The van der Waals surface area contributed by atoms with E-state index in [1.54, 1.807) is 24.3 Å². The second kappa shape index (κ2) is 7.77. The number of nitrogens with two attached hydrogens (primary N) is 1. The van der Waals surface area contributed by atoms with E-state index in [4.69, 9.17) is 5.73 Å². The van der Waals surface area contributed by atoms with E-state index < -0.39 is 5.91 Å². The van der Waals surface area contributed by atoms with Crippen LogP contribution in [0.25, 0.3) is 11.4 Å². The van der Waals surface area contributed by atoms with Gasteiger partial charge in [0.05, 0.1) is 0 Å². The zero-order valence-corrected chi connectivity index (χ0v) is 15.1. The summed E-state index contributed by atoms with van der Waals surface area (Å²) in [6.45, 7) is 3.94. The molecule has 0 radical (unpaired) electrons. The van der Waals surface area contributed by atoms with Crippen molar-refractivity contribution in [3.05, 3.63) is 59.2 Å². The highest BCUT2D eigenvalue weighted by Crippen LogP contribution is 2.21. The largest absolute Gasteiger partial charge is 0.366 e. The monoisotopic (exact) mass is 364 g/mol. The lowest BCUT2D eigenvalue weighted by Gasteiger charge is -2.12. The maximum atomic E-state index is 12.4. The maximum absolute atomic E-state index is 12.4. The fourth-order valence-electron chi connectivity index (χ4n) is 2.72. The summed E-state index contributed by atoms with van der Waals surface area (Å²) in [6.07, 6.45) is 0.824. The number of anilines is 1. The second-order valence-corrected chi connectivity index (χ2v) is 6.10. The predicted molar refractivity (Wildman–Crippen MR) is 101 cm³/mol. The number of hydrogen-bond acceptors (Lipinski definition) is 5. The van der Waals surface area contributed by atoms with Gasteiger partial charge in [-0.05, 0) is 41.8 Å². The van der Waals surface area contributed by atoms with Crippen molar-refractivity contribution in [2.75, 3.05) is 5.32 Å². The molecule has 2 amide bonds. The highest BCUT2D eigenvalue weighted by atomic mass is 16.2. The molecule has 0 saturated heterocycles. The minimum atomic E-state index is -0.502. The lowest BCUT2D eigenvalue weighted by atomic mass is 10.1. The van der Waals surface area contributed by atoms with Crippen LogP contribution in [-0.2, 0) is 17.8 Å². The number of nitrogens with one attached hydrogen (secondary N) is 1. The van der Waals surface area contributed by atoms with Crippen molar-refractivity contribution in [3.8, 4) is 11.4 Å². The van der Waals surface area contributed by atoms with Crippen LogP contribution >= 0.6 is 0 Å². The molecule has 1 heterocycles. The van der Waals surface area contributed by atoms with Crippen molar-refractivity contribution >= 4 is 17.5 Å². The number of para-hydroxylation sites is 1. The summed E-state index contributed by atoms with van der Waals surface area (Å²) >= 11 is 0. The van der Waals surface area contributed by atoms with Gasteiger partial charge < -0.3 is 11.1 Å². The first-order valence-corrected chi connectivity index (χ1v) is 8.54. The average molecular weight is 364 g/mol. The van der Waals surface area contributed by atoms with E-state index >= 15 is 0 Å². The summed E-state index contributed by atoms with van der Waals surface area (Å²) < 4.78 is 0. The van der Waals surface area contributed by atoms with Gasteiger partial charge in [-0.2, -0.15) is 4.80 Å². The fraction of sp³-hybridized carbons (Fsp3) is 0.211. The minimum absolute atomic E-state index is 0.0517. The van der Waals surface area contributed by atoms with Crippen LogP contribution in [0.2, 0.25) is 0 Å². The number of aromatic nitrogens is 4. The average Bonchev–Trinajstić information content (AvgIpc) is 3.11. The van der Waals surface area contributed by atoms with Gasteiger partial charge in [-0.3, -0.25) is 9.59 Å². The second-order valence-electron chi connectivity index (χ2n) is 6.10. The summed E-state index contributed by atoms with van der Waals surface area (Å²) in [7, 11) is 0. The van der Waals surface area contributed by atoms with Gasteiger partial charge in [0.2, 0.25) is 17.6 Å². The van der Waals surface area contributed by atoms with Crippen LogP contribution in [0.3, 0.4) is 0 Å². The Kier molecular flexibility index (Phi) is 5.25. The van der Waals surface area contributed by atoms with Gasteiger partial charge in [0.15, 0.2) is 0 Å². The van der Waals surface area contributed by atoms with Crippen molar-refractivity contribution in [3.63, 3.8) is 0 Å². The van der Waals surface area contributed by atoms with Crippen molar-refractivity contribution in [2.45, 2.75) is 26.8 Å². The van der Waals surface area contributed by atoms with Gasteiger partial charge in [0.1, 0.15) is 6.54 Å². The lowest BCUT2D eigenvalue weighted by Crippen LogP contribution is -2.21. The molecule has 3 N–H and O–H groups in total. The zero-order valence-electron chi connectivity index (χ0n) is 15.1. The number of amides is 2. The Morgan fingerprint density at radius 3 is 2.56 bits per heavy atom. The van der Waals surface area contributed by atoms with E-state index in [2.05, 4.69) is 20.7 Å². The van der Waals surface area contributed by atoms with Crippen LogP contribution in [0.1, 0.15) is 28.4 Å². The molecular formula is C19H20N6O2. The highest BCUT2D eigenvalue weighted by Gasteiger charge is 2.12. The summed E-state index contributed by atoms with van der Waals surface area (Å²) in [4.78, 5) is 24.7. The van der Waals surface area contributed by atoms with Gasteiger partial charge in [0.25, 0.3) is 0 Å². The first-order valence-electron chi connectivity index (χ1n) is 8.54. The summed E-state index contributed by atoms with van der Waals surface area (Å²) in [5.74, 6) is -0.367. The number of aryl methyl sites for hydroxylation is 2. The molecule has 8 heteroatoms. The van der Waals surface area contributed by atoms with Gasteiger partial charge in [-0.25, -0.2) is 0 Å². The molecule has 27 heavy (non-hydrogen) atoms. The number of nitrogens with zero attached hydrogens (tertiary/aromatic N) is 4. The quantitative estimate of drug-likeness (QED) is 0.693. The third-order valence-electron chi connectivity index (χ3n) is 4.17. The highest BCUT2D eigenvalue weighted by molar-refractivity contribution is 5.93. The van der Waals surface area contributed by atoms with Crippen LogP contribution < -0.4 is 11.1 Å². The minimum Gasteiger partial charge on any atom is -0.366 e. The molecule has 0 atom stereocenters. The van der Waals surface area contributed by atoms with E-state index in [-0.39, 0.29) is 12.5 Å². The molecule has 3 aromatic rings. The molecule has 0 bridgehead atoms. The molecule has 1 aromatic heterocycles. The zero-order chi connectivity index (χ0) is 19.4. The third-order valence-corrected chi connectivity index (χ3v) is 4.17. The van der Waals surface area contributed by atoms with E-state index in [9.17, 15) is 9.59 Å². The van der Waals surface area contributed by atoms with Crippen molar-refractivity contribution in [1.29, 1.82) is 0 Å². The fourth-order valence-corrected chi connectivity index (χ4v) is 2.72. The Balaban J connectivity index is 1.70. The number of benzene rings is 2. The normalized spacial score (nSPS) is 10.6. The summed E-state index contributed by atoms with van der Waals surface area (Å²) in [5, 5.41) is 15.0. The molecule has 2 aromatic carbocycles. The Bertz CT molecular complexity index is 978. The molecule has 0 saturated carbocycles. The molecule has 0 unspecified atom stereocenters. The third kappa shape index (κ3) is 4.17. The van der Waals surface area contributed by atoms with E-state index in [1.165, 1.54) is 4.80 Å². The topological polar surface area (TPSA) is 116 Å². The van der Waals surface area contributed by atoms with E-state index in [0.29, 0.717) is 17.0 Å². The Morgan fingerprint density at radius 2 is 1.89 bits per heavy atom. The molecule has 0 aliphatic heterocycles.